The van der Waals surface area contributed by atoms with Gasteiger partial charge in [0.05, 0.1) is 24.8 Å². The van der Waals surface area contributed by atoms with Crippen molar-refractivity contribution < 1.29 is 14.3 Å². The summed E-state index contributed by atoms with van der Waals surface area (Å²) in [5.41, 5.74) is 1.63. The smallest absolute Gasteiger partial charge is 0.263 e. The first-order chi connectivity index (χ1) is 12.2. The Morgan fingerprint density at radius 2 is 1.96 bits per heavy atom. The van der Waals surface area contributed by atoms with Gasteiger partial charge in [0.15, 0.2) is 6.10 Å². The van der Waals surface area contributed by atoms with Crippen molar-refractivity contribution in [3.8, 4) is 11.8 Å². The molecule has 0 spiro atoms. The fraction of sp³-hybridized carbons (Fsp3) is 0.300. The number of morpholine rings is 1. The number of nitrogens with zero attached hydrogens (tertiary/aromatic N) is 2. The third-order valence-electron chi connectivity index (χ3n) is 4.19. The zero-order chi connectivity index (χ0) is 17.6. The van der Waals surface area contributed by atoms with Crippen LogP contribution in [0.1, 0.15) is 24.2 Å². The molecule has 1 saturated heterocycles. The van der Waals surface area contributed by atoms with E-state index in [9.17, 15) is 4.79 Å². The summed E-state index contributed by atoms with van der Waals surface area (Å²) >= 11 is 0. The van der Waals surface area contributed by atoms with E-state index in [1.54, 1.807) is 36.1 Å². The fourth-order valence-corrected chi connectivity index (χ4v) is 2.84. The van der Waals surface area contributed by atoms with Gasteiger partial charge >= 0.3 is 0 Å². The van der Waals surface area contributed by atoms with Crippen molar-refractivity contribution in [1.82, 2.24) is 4.90 Å². The number of hydrogen-bond donors (Lipinski definition) is 0. The molecule has 0 bridgehead atoms. The highest BCUT2D eigenvalue weighted by Crippen LogP contribution is 2.23. The van der Waals surface area contributed by atoms with Crippen LogP contribution < -0.4 is 4.74 Å². The van der Waals surface area contributed by atoms with Crippen LogP contribution in [0.2, 0.25) is 0 Å². The average Bonchev–Trinajstić information content (AvgIpc) is 2.68. The molecule has 2 aromatic rings. The van der Waals surface area contributed by atoms with Crippen LogP contribution in [0.25, 0.3) is 0 Å². The summed E-state index contributed by atoms with van der Waals surface area (Å²) in [4.78, 5) is 14.5. The highest BCUT2D eigenvalue weighted by Gasteiger charge is 2.29. The predicted octanol–water partition coefficient (Wildman–Crippen LogP) is 2.93. The van der Waals surface area contributed by atoms with E-state index in [0.717, 1.165) is 5.56 Å². The molecule has 1 heterocycles. The minimum atomic E-state index is -0.595. The van der Waals surface area contributed by atoms with Gasteiger partial charge in [-0.2, -0.15) is 5.26 Å². The Bertz CT molecular complexity index is 753. The topological polar surface area (TPSA) is 62.6 Å². The predicted molar refractivity (Wildman–Crippen MR) is 93.0 cm³/mol. The maximum atomic E-state index is 12.7. The normalized spacial score (nSPS) is 18.2. The van der Waals surface area contributed by atoms with Crippen LogP contribution >= 0.6 is 0 Å². The number of ether oxygens (including phenoxy) is 2. The molecule has 2 unspecified atom stereocenters. The van der Waals surface area contributed by atoms with Gasteiger partial charge in [0.1, 0.15) is 11.9 Å². The summed E-state index contributed by atoms with van der Waals surface area (Å²) in [6.45, 7) is 3.33. The monoisotopic (exact) mass is 336 g/mol. The molecule has 25 heavy (non-hydrogen) atoms. The van der Waals surface area contributed by atoms with Gasteiger partial charge in [-0.15, -0.1) is 0 Å². The van der Waals surface area contributed by atoms with Crippen LogP contribution in [-0.2, 0) is 9.53 Å². The maximum Gasteiger partial charge on any atom is 0.263 e. The molecular formula is C20H20N2O3. The molecule has 0 saturated carbocycles. The first kappa shape index (κ1) is 17.0. The Hall–Kier alpha value is -2.84. The molecular weight excluding hydrogens is 316 g/mol. The lowest BCUT2D eigenvalue weighted by atomic mass is 10.1. The van der Waals surface area contributed by atoms with Gasteiger partial charge in [-0.25, -0.2) is 0 Å². The van der Waals surface area contributed by atoms with Gasteiger partial charge in [0.2, 0.25) is 0 Å². The summed E-state index contributed by atoms with van der Waals surface area (Å²) in [6, 6.07) is 18.7. The van der Waals surface area contributed by atoms with Crippen molar-refractivity contribution >= 4 is 5.91 Å². The quantitative estimate of drug-likeness (QED) is 0.861. The van der Waals surface area contributed by atoms with E-state index < -0.39 is 6.10 Å². The lowest BCUT2D eigenvalue weighted by Crippen LogP contribution is -2.47. The summed E-state index contributed by atoms with van der Waals surface area (Å²) < 4.78 is 11.5. The van der Waals surface area contributed by atoms with Gasteiger partial charge in [0, 0.05) is 6.54 Å². The second-order valence-corrected chi connectivity index (χ2v) is 5.95. The minimum Gasteiger partial charge on any atom is -0.481 e. The van der Waals surface area contributed by atoms with E-state index in [4.69, 9.17) is 14.7 Å². The SMILES string of the molecule is CC(Oc1ccc(C#N)cc1)C(=O)N1CCOC(c2ccccc2)C1. The average molecular weight is 336 g/mol. The van der Waals surface area contributed by atoms with Crippen LogP contribution in [0.5, 0.6) is 5.75 Å². The third-order valence-corrected chi connectivity index (χ3v) is 4.19. The first-order valence-corrected chi connectivity index (χ1v) is 8.29. The lowest BCUT2D eigenvalue weighted by molar-refractivity contribution is -0.145. The molecule has 3 rings (SSSR count). The molecule has 1 amide bonds. The summed E-state index contributed by atoms with van der Waals surface area (Å²) in [7, 11) is 0. The Balaban J connectivity index is 1.62. The zero-order valence-corrected chi connectivity index (χ0v) is 14.1. The van der Waals surface area contributed by atoms with Crippen LogP contribution in [0, 0.1) is 11.3 Å². The second-order valence-electron chi connectivity index (χ2n) is 5.95. The number of carbonyl (C=O) groups excluding carboxylic acids is 1. The van der Waals surface area contributed by atoms with E-state index >= 15 is 0 Å². The first-order valence-electron chi connectivity index (χ1n) is 8.29. The Kier molecular flexibility index (Phi) is 5.32. The van der Waals surface area contributed by atoms with Crippen LogP contribution in [-0.4, -0.2) is 36.6 Å². The summed E-state index contributed by atoms with van der Waals surface area (Å²) in [6.07, 6.45) is -0.705. The molecule has 0 aromatic heterocycles. The van der Waals surface area contributed by atoms with Gasteiger partial charge in [-0.1, -0.05) is 30.3 Å². The van der Waals surface area contributed by atoms with E-state index in [1.807, 2.05) is 30.3 Å². The van der Waals surface area contributed by atoms with Crippen molar-refractivity contribution in [1.29, 1.82) is 5.26 Å². The van der Waals surface area contributed by atoms with E-state index in [-0.39, 0.29) is 12.0 Å². The molecule has 2 aromatic carbocycles. The summed E-state index contributed by atoms with van der Waals surface area (Å²) in [5.74, 6) is 0.515. The van der Waals surface area contributed by atoms with Crippen LogP contribution in [0.4, 0.5) is 0 Å². The molecule has 0 aliphatic carbocycles. The Morgan fingerprint density at radius 1 is 1.24 bits per heavy atom. The van der Waals surface area contributed by atoms with Crippen molar-refractivity contribution in [2.75, 3.05) is 19.7 Å². The molecule has 1 fully saturated rings. The number of carbonyl (C=O) groups is 1. The molecule has 128 valence electrons. The molecule has 2 atom stereocenters. The van der Waals surface area contributed by atoms with Gasteiger partial charge in [-0.05, 0) is 36.8 Å². The van der Waals surface area contributed by atoms with Crippen molar-refractivity contribution in [3.05, 3.63) is 65.7 Å². The minimum absolute atomic E-state index is 0.0615. The number of rotatable bonds is 4. The van der Waals surface area contributed by atoms with E-state index in [1.165, 1.54) is 0 Å². The van der Waals surface area contributed by atoms with Gasteiger partial charge in [0.25, 0.3) is 5.91 Å². The highest BCUT2D eigenvalue weighted by atomic mass is 16.5. The highest BCUT2D eigenvalue weighted by molar-refractivity contribution is 5.81. The number of nitriles is 1. The standard InChI is InChI=1S/C20H20N2O3/c1-15(25-18-9-7-16(13-21)8-10-18)20(23)22-11-12-24-19(14-22)17-5-3-2-4-6-17/h2-10,15,19H,11-12,14H2,1H3. The molecule has 0 N–H and O–H groups in total. The lowest BCUT2D eigenvalue weighted by Gasteiger charge is -2.34. The molecule has 5 heteroatoms. The maximum absolute atomic E-state index is 12.7. The van der Waals surface area contributed by atoms with Crippen LogP contribution in [0.15, 0.2) is 54.6 Å². The largest absolute Gasteiger partial charge is 0.481 e. The zero-order valence-electron chi connectivity index (χ0n) is 14.1. The van der Waals surface area contributed by atoms with E-state index in [2.05, 4.69) is 6.07 Å². The van der Waals surface area contributed by atoms with E-state index in [0.29, 0.717) is 31.0 Å². The Labute approximate surface area is 147 Å². The number of benzene rings is 2. The number of hydrogen-bond acceptors (Lipinski definition) is 4. The Morgan fingerprint density at radius 3 is 2.64 bits per heavy atom. The molecule has 1 aliphatic rings. The second kappa shape index (κ2) is 7.82. The molecule has 1 aliphatic heterocycles. The fourth-order valence-electron chi connectivity index (χ4n) is 2.84. The van der Waals surface area contributed by atoms with Gasteiger partial charge in [-0.3, -0.25) is 4.79 Å². The third kappa shape index (κ3) is 4.17. The summed E-state index contributed by atoms with van der Waals surface area (Å²) in [5, 5.41) is 8.82. The van der Waals surface area contributed by atoms with Gasteiger partial charge < -0.3 is 14.4 Å². The van der Waals surface area contributed by atoms with Crippen molar-refractivity contribution in [3.63, 3.8) is 0 Å². The van der Waals surface area contributed by atoms with Crippen molar-refractivity contribution in [2.24, 2.45) is 0 Å². The number of amides is 1. The molecule has 0 radical (unpaired) electrons. The molecule has 5 nitrogen and oxygen atoms in total. The van der Waals surface area contributed by atoms with Crippen molar-refractivity contribution in [2.45, 2.75) is 19.1 Å². The van der Waals surface area contributed by atoms with Crippen LogP contribution in [0.3, 0.4) is 0 Å².